The average molecular weight is 254 g/mol. The van der Waals surface area contributed by atoms with Crippen LogP contribution < -0.4 is 5.32 Å². The smallest absolute Gasteiger partial charge is 0.163 e. The second-order valence-corrected chi connectivity index (χ2v) is 3.39. The fraction of sp³-hybridized carbons (Fsp3) is 0. The number of nitriles is 4. The maximum atomic E-state index is 8.93. The molecular formula is C12H4ClN5. The van der Waals surface area contributed by atoms with Crippen LogP contribution in [0.2, 0.25) is 5.02 Å². The molecule has 0 aliphatic carbocycles. The Bertz CT molecular complexity index is 660. The number of halogens is 1. The summed E-state index contributed by atoms with van der Waals surface area (Å²) in [7, 11) is 0. The molecule has 5 nitrogen and oxygen atoms in total. The Morgan fingerprint density at radius 3 is 2.22 bits per heavy atom. The first-order valence-electron chi connectivity index (χ1n) is 4.58. The summed E-state index contributed by atoms with van der Waals surface area (Å²) in [6, 6.07) is 11.4. The van der Waals surface area contributed by atoms with Crippen molar-refractivity contribution in [2.45, 2.75) is 0 Å². The van der Waals surface area contributed by atoms with E-state index in [0.29, 0.717) is 0 Å². The molecule has 0 fully saturated rings. The summed E-state index contributed by atoms with van der Waals surface area (Å²) >= 11 is 5.81. The molecule has 0 bridgehead atoms. The van der Waals surface area contributed by atoms with Gasteiger partial charge in [-0.3, -0.25) is 0 Å². The molecule has 0 saturated heterocycles. The lowest BCUT2D eigenvalue weighted by molar-refractivity contribution is 1.36. The van der Waals surface area contributed by atoms with Crippen molar-refractivity contribution >= 4 is 17.3 Å². The molecular weight excluding hydrogens is 250 g/mol. The first-order valence-corrected chi connectivity index (χ1v) is 4.96. The predicted molar refractivity (Wildman–Crippen MR) is 63.7 cm³/mol. The van der Waals surface area contributed by atoms with Crippen molar-refractivity contribution in [3.8, 4) is 24.3 Å². The molecule has 0 amide bonds. The second kappa shape index (κ2) is 5.92. The summed E-state index contributed by atoms with van der Waals surface area (Å²) in [4.78, 5) is 0. The average Bonchev–Trinajstić information content (AvgIpc) is 2.39. The summed E-state index contributed by atoms with van der Waals surface area (Å²) in [6.07, 6.45) is 0. The van der Waals surface area contributed by atoms with E-state index in [1.165, 1.54) is 12.1 Å². The summed E-state index contributed by atoms with van der Waals surface area (Å²) < 4.78 is 0. The van der Waals surface area contributed by atoms with Crippen molar-refractivity contribution in [3.05, 3.63) is 40.1 Å². The largest absolute Gasteiger partial charge is 0.344 e. The maximum absolute atomic E-state index is 8.93. The number of anilines is 1. The number of allylic oxidation sites excluding steroid dienone is 2. The molecule has 18 heavy (non-hydrogen) atoms. The first-order chi connectivity index (χ1) is 8.67. The van der Waals surface area contributed by atoms with Crippen LogP contribution in [0.25, 0.3) is 0 Å². The number of rotatable bonds is 2. The van der Waals surface area contributed by atoms with Gasteiger partial charge in [-0.15, -0.1) is 0 Å². The van der Waals surface area contributed by atoms with E-state index in [9.17, 15) is 0 Å². The summed E-state index contributed by atoms with van der Waals surface area (Å²) in [5, 5.41) is 37.9. The van der Waals surface area contributed by atoms with Crippen molar-refractivity contribution in [1.29, 1.82) is 21.0 Å². The molecule has 84 valence electrons. The molecule has 0 radical (unpaired) electrons. The molecule has 1 aromatic carbocycles. The first kappa shape index (κ1) is 13.1. The zero-order valence-electron chi connectivity index (χ0n) is 8.90. The Labute approximate surface area is 108 Å². The minimum Gasteiger partial charge on any atom is -0.344 e. The van der Waals surface area contributed by atoms with Crippen LogP contribution in [0.1, 0.15) is 5.56 Å². The maximum Gasteiger partial charge on any atom is 0.163 e. The number of benzene rings is 1. The monoisotopic (exact) mass is 253 g/mol. The van der Waals surface area contributed by atoms with E-state index in [1.54, 1.807) is 24.3 Å². The van der Waals surface area contributed by atoms with Gasteiger partial charge < -0.3 is 5.32 Å². The van der Waals surface area contributed by atoms with Crippen LogP contribution in [0.15, 0.2) is 29.5 Å². The van der Waals surface area contributed by atoms with Gasteiger partial charge in [-0.1, -0.05) is 17.7 Å². The van der Waals surface area contributed by atoms with Gasteiger partial charge in [-0.05, 0) is 12.1 Å². The third-order valence-corrected chi connectivity index (χ3v) is 2.29. The van der Waals surface area contributed by atoms with E-state index in [1.807, 2.05) is 6.07 Å². The Morgan fingerprint density at radius 1 is 1.06 bits per heavy atom. The molecule has 0 heterocycles. The van der Waals surface area contributed by atoms with Crippen LogP contribution in [0.4, 0.5) is 5.69 Å². The van der Waals surface area contributed by atoms with Gasteiger partial charge in [0, 0.05) is 0 Å². The molecule has 1 rings (SSSR count). The molecule has 1 aromatic rings. The fourth-order valence-electron chi connectivity index (χ4n) is 1.16. The van der Waals surface area contributed by atoms with Crippen LogP contribution in [-0.4, -0.2) is 0 Å². The molecule has 0 aromatic heterocycles. The molecule has 0 spiro atoms. The third-order valence-electron chi connectivity index (χ3n) is 1.97. The Balaban J connectivity index is 3.31. The molecule has 0 aliphatic heterocycles. The number of hydrogen-bond acceptors (Lipinski definition) is 5. The molecule has 6 heteroatoms. The van der Waals surface area contributed by atoms with Crippen molar-refractivity contribution < 1.29 is 0 Å². The lowest BCUT2D eigenvalue weighted by Crippen LogP contribution is -2.02. The van der Waals surface area contributed by atoms with Crippen LogP contribution in [0.5, 0.6) is 0 Å². The minimum absolute atomic E-state index is 0.141. The zero-order valence-corrected chi connectivity index (χ0v) is 9.65. The third kappa shape index (κ3) is 2.57. The van der Waals surface area contributed by atoms with Crippen LogP contribution in [0.3, 0.4) is 0 Å². The number of nitrogens with one attached hydrogen (secondary N) is 1. The van der Waals surface area contributed by atoms with Gasteiger partial charge in [0.1, 0.15) is 30.0 Å². The standard InChI is InChI=1S/C12H4ClN5/c13-10-2-1-3-11(9(10)6-16)18-12(7-17)8(4-14)5-15/h1-3,18H. The lowest BCUT2D eigenvalue weighted by atomic mass is 10.1. The molecule has 0 saturated carbocycles. The highest BCUT2D eigenvalue weighted by atomic mass is 35.5. The summed E-state index contributed by atoms with van der Waals surface area (Å²) in [5.74, 6) is 0. The number of nitrogens with zero attached hydrogens (tertiary/aromatic N) is 4. The second-order valence-electron chi connectivity index (χ2n) is 2.98. The van der Waals surface area contributed by atoms with Gasteiger partial charge in [0.15, 0.2) is 5.57 Å². The highest BCUT2D eigenvalue weighted by Gasteiger charge is 2.10. The van der Waals surface area contributed by atoms with E-state index >= 15 is 0 Å². The molecule has 0 atom stereocenters. The number of hydrogen-bond donors (Lipinski definition) is 1. The van der Waals surface area contributed by atoms with Gasteiger partial charge >= 0.3 is 0 Å². The van der Waals surface area contributed by atoms with Gasteiger partial charge in [-0.2, -0.15) is 21.0 Å². The molecule has 1 N–H and O–H groups in total. The SMILES string of the molecule is N#CC(C#N)=C(C#N)Nc1cccc(Cl)c1C#N. The van der Waals surface area contributed by atoms with Crippen molar-refractivity contribution in [2.24, 2.45) is 0 Å². The van der Waals surface area contributed by atoms with Crippen molar-refractivity contribution in [1.82, 2.24) is 0 Å². The predicted octanol–water partition coefficient (Wildman–Crippen LogP) is 2.45. The van der Waals surface area contributed by atoms with Crippen LogP contribution in [0, 0.1) is 45.3 Å². The van der Waals surface area contributed by atoms with Crippen molar-refractivity contribution in [2.75, 3.05) is 5.32 Å². The normalized spacial score (nSPS) is 8.06. The Morgan fingerprint density at radius 2 is 1.72 bits per heavy atom. The molecule has 0 unspecified atom stereocenters. The summed E-state index contributed by atoms with van der Waals surface area (Å²) in [5.41, 5.74) is -0.174. The van der Waals surface area contributed by atoms with Crippen molar-refractivity contribution in [3.63, 3.8) is 0 Å². The summed E-state index contributed by atoms with van der Waals surface area (Å²) in [6.45, 7) is 0. The van der Waals surface area contributed by atoms with E-state index in [-0.39, 0.29) is 27.5 Å². The quantitative estimate of drug-likeness (QED) is 0.815. The highest BCUT2D eigenvalue weighted by Crippen LogP contribution is 2.24. The Hall–Kier alpha value is -2.99. The minimum atomic E-state index is -0.360. The topological polar surface area (TPSA) is 107 Å². The molecule has 0 aliphatic rings. The zero-order chi connectivity index (χ0) is 13.5. The van der Waals surface area contributed by atoms with Gasteiger partial charge in [0.05, 0.1) is 16.3 Å². The van der Waals surface area contributed by atoms with E-state index in [4.69, 9.17) is 32.6 Å². The van der Waals surface area contributed by atoms with E-state index < -0.39 is 0 Å². The van der Waals surface area contributed by atoms with Gasteiger partial charge in [-0.25, -0.2) is 0 Å². The van der Waals surface area contributed by atoms with E-state index in [2.05, 4.69) is 5.32 Å². The van der Waals surface area contributed by atoms with Crippen LogP contribution >= 0.6 is 11.6 Å². The fourth-order valence-corrected chi connectivity index (χ4v) is 1.38. The van der Waals surface area contributed by atoms with Crippen LogP contribution in [-0.2, 0) is 0 Å². The Kier molecular flexibility index (Phi) is 4.30. The van der Waals surface area contributed by atoms with Gasteiger partial charge in [0.25, 0.3) is 0 Å². The lowest BCUT2D eigenvalue weighted by Gasteiger charge is -2.07. The highest BCUT2D eigenvalue weighted by molar-refractivity contribution is 6.32. The van der Waals surface area contributed by atoms with E-state index in [0.717, 1.165) is 0 Å². The van der Waals surface area contributed by atoms with Gasteiger partial charge in [0.2, 0.25) is 0 Å².